The van der Waals surface area contributed by atoms with Crippen LogP contribution < -0.4 is 0 Å². The summed E-state index contributed by atoms with van der Waals surface area (Å²) in [4.78, 5) is 15.0. The molecule has 0 spiro atoms. The zero-order valence-electron chi connectivity index (χ0n) is 13.7. The van der Waals surface area contributed by atoms with Crippen LogP contribution in [0.1, 0.15) is 36.0 Å². The van der Waals surface area contributed by atoms with Crippen molar-refractivity contribution in [2.45, 2.75) is 38.1 Å². The van der Waals surface area contributed by atoms with Gasteiger partial charge in [-0.1, -0.05) is 54.4 Å². The average molecular weight is 328 g/mol. The molecule has 2 nitrogen and oxygen atoms in total. The minimum Gasteiger partial charge on any atom is -0.341 e. The van der Waals surface area contributed by atoms with Crippen molar-refractivity contribution in [2.75, 3.05) is 7.05 Å². The number of likely N-dealkylation sites (N-methyl/N-ethyl adjacent to an activating group) is 1. The van der Waals surface area contributed by atoms with Crippen molar-refractivity contribution < 1.29 is 4.79 Å². The van der Waals surface area contributed by atoms with Gasteiger partial charge in [0.05, 0.1) is 5.41 Å². The first-order valence-electron chi connectivity index (χ1n) is 8.09. The molecule has 2 aromatic carbocycles. The fourth-order valence-corrected chi connectivity index (χ4v) is 3.53. The number of carbonyl (C=O) groups is 1. The molecule has 0 aromatic heterocycles. The number of amides is 1. The van der Waals surface area contributed by atoms with Gasteiger partial charge in [0.15, 0.2) is 0 Å². The van der Waals surface area contributed by atoms with Crippen LogP contribution in [-0.2, 0) is 16.8 Å². The van der Waals surface area contributed by atoms with E-state index in [0.29, 0.717) is 11.6 Å². The second-order valence-electron chi connectivity index (χ2n) is 6.53. The predicted molar refractivity (Wildman–Crippen MR) is 94.6 cm³/mol. The maximum Gasteiger partial charge on any atom is 0.233 e. The van der Waals surface area contributed by atoms with Crippen LogP contribution >= 0.6 is 11.6 Å². The van der Waals surface area contributed by atoms with Crippen molar-refractivity contribution in [3.8, 4) is 0 Å². The Kier molecular flexibility index (Phi) is 4.45. The molecule has 3 heteroatoms. The van der Waals surface area contributed by atoms with Gasteiger partial charge in [-0.15, -0.1) is 0 Å². The Labute approximate surface area is 143 Å². The molecule has 0 atom stereocenters. The van der Waals surface area contributed by atoms with Gasteiger partial charge in [0.2, 0.25) is 5.91 Å². The quantitative estimate of drug-likeness (QED) is 0.795. The van der Waals surface area contributed by atoms with Crippen molar-refractivity contribution >= 4 is 17.5 Å². The fraction of sp³-hybridized carbons (Fsp3) is 0.350. The molecule has 0 bridgehead atoms. The molecular formula is C20H22ClNO. The van der Waals surface area contributed by atoms with Gasteiger partial charge >= 0.3 is 0 Å². The van der Waals surface area contributed by atoms with Crippen LogP contribution in [0, 0.1) is 6.92 Å². The van der Waals surface area contributed by atoms with E-state index in [1.807, 2.05) is 48.3 Å². The van der Waals surface area contributed by atoms with Crippen molar-refractivity contribution in [2.24, 2.45) is 0 Å². The molecule has 0 aliphatic heterocycles. The Morgan fingerprint density at radius 2 is 1.78 bits per heavy atom. The molecule has 0 N–H and O–H groups in total. The Bertz CT molecular complexity index is 704. The van der Waals surface area contributed by atoms with Crippen LogP contribution in [0.4, 0.5) is 0 Å². The van der Waals surface area contributed by atoms with Crippen molar-refractivity contribution in [1.29, 1.82) is 0 Å². The largest absolute Gasteiger partial charge is 0.341 e. The van der Waals surface area contributed by atoms with Gasteiger partial charge < -0.3 is 4.90 Å². The summed E-state index contributed by atoms with van der Waals surface area (Å²) < 4.78 is 0. The average Bonchev–Trinajstić information content (AvgIpc) is 2.50. The maximum atomic E-state index is 13.1. The standard InChI is InChI=1S/C20H22ClNO/c1-15-6-3-4-7-16(15)14-22(2)19(23)20(12-5-13-20)17-8-10-18(21)11-9-17/h3-4,6-11H,5,12-14H2,1-2H3. The van der Waals surface area contributed by atoms with Gasteiger partial charge in [0.25, 0.3) is 0 Å². The lowest BCUT2D eigenvalue weighted by Gasteiger charge is -2.43. The number of halogens is 1. The third-order valence-corrected chi connectivity index (χ3v) is 5.28. The van der Waals surface area contributed by atoms with E-state index in [-0.39, 0.29) is 11.3 Å². The molecule has 0 saturated heterocycles. The van der Waals surface area contributed by atoms with Crippen LogP contribution in [0.3, 0.4) is 0 Å². The minimum atomic E-state index is -0.359. The van der Waals surface area contributed by atoms with E-state index in [4.69, 9.17) is 11.6 Å². The highest BCUT2D eigenvalue weighted by molar-refractivity contribution is 6.30. The maximum absolute atomic E-state index is 13.1. The number of hydrogen-bond donors (Lipinski definition) is 0. The normalized spacial score (nSPS) is 15.8. The van der Waals surface area contributed by atoms with E-state index >= 15 is 0 Å². The smallest absolute Gasteiger partial charge is 0.233 e. The minimum absolute atomic E-state index is 0.217. The van der Waals surface area contributed by atoms with Crippen LogP contribution in [0.25, 0.3) is 0 Å². The first-order valence-corrected chi connectivity index (χ1v) is 8.47. The summed E-state index contributed by atoms with van der Waals surface area (Å²) in [5, 5.41) is 0.712. The highest BCUT2D eigenvalue weighted by Crippen LogP contribution is 2.45. The number of carbonyl (C=O) groups excluding carboxylic acids is 1. The van der Waals surface area contributed by atoms with Gasteiger partial charge in [-0.05, 0) is 48.6 Å². The number of nitrogens with zero attached hydrogens (tertiary/aromatic N) is 1. The first-order chi connectivity index (χ1) is 11.0. The van der Waals surface area contributed by atoms with E-state index < -0.39 is 0 Å². The second-order valence-corrected chi connectivity index (χ2v) is 6.97. The molecule has 1 aliphatic carbocycles. The highest BCUT2D eigenvalue weighted by Gasteiger charge is 2.46. The molecular weight excluding hydrogens is 306 g/mol. The predicted octanol–water partition coefficient (Wildman–Crippen LogP) is 4.73. The molecule has 23 heavy (non-hydrogen) atoms. The molecule has 0 radical (unpaired) electrons. The number of aryl methyl sites for hydroxylation is 1. The summed E-state index contributed by atoms with van der Waals surface area (Å²) in [5.74, 6) is 0.217. The SMILES string of the molecule is Cc1ccccc1CN(C)C(=O)C1(c2ccc(Cl)cc2)CCC1. The molecule has 3 rings (SSSR count). The lowest BCUT2D eigenvalue weighted by molar-refractivity contribution is -0.140. The van der Waals surface area contributed by atoms with Crippen LogP contribution in [-0.4, -0.2) is 17.9 Å². The molecule has 1 fully saturated rings. The van der Waals surface area contributed by atoms with Crippen LogP contribution in [0.2, 0.25) is 5.02 Å². The van der Waals surface area contributed by atoms with E-state index in [1.54, 1.807) is 0 Å². The summed E-state index contributed by atoms with van der Waals surface area (Å²) in [6.07, 6.45) is 2.95. The lowest BCUT2D eigenvalue weighted by Crippen LogP contribution is -2.49. The Hall–Kier alpha value is -1.80. The van der Waals surface area contributed by atoms with E-state index in [0.717, 1.165) is 24.8 Å². The van der Waals surface area contributed by atoms with Gasteiger partial charge in [-0.25, -0.2) is 0 Å². The number of hydrogen-bond acceptors (Lipinski definition) is 1. The van der Waals surface area contributed by atoms with E-state index in [1.165, 1.54) is 11.1 Å². The molecule has 2 aromatic rings. The van der Waals surface area contributed by atoms with Gasteiger partial charge in [0, 0.05) is 18.6 Å². The summed E-state index contributed by atoms with van der Waals surface area (Å²) in [6, 6.07) is 16.0. The van der Waals surface area contributed by atoms with Gasteiger partial charge in [-0.2, -0.15) is 0 Å². The van der Waals surface area contributed by atoms with Crippen LogP contribution in [0.15, 0.2) is 48.5 Å². The van der Waals surface area contributed by atoms with Gasteiger partial charge in [0.1, 0.15) is 0 Å². The molecule has 1 amide bonds. The molecule has 0 heterocycles. The summed E-state index contributed by atoms with van der Waals surface area (Å²) in [5.41, 5.74) is 3.16. The van der Waals surface area contributed by atoms with Gasteiger partial charge in [-0.3, -0.25) is 4.79 Å². The highest BCUT2D eigenvalue weighted by atomic mass is 35.5. The third-order valence-electron chi connectivity index (χ3n) is 5.03. The molecule has 120 valence electrons. The monoisotopic (exact) mass is 327 g/mol. The molecule has 1 aliphatic rings. The third kappa shape index (κ3) is 3.00. The molecule has 1 saturated carbocycles. The first kappa shape index (κ1) is 16.1. The fourth-order valence-electron chi connectivity index (χ4n) is 3.41. The van der Waals surface area contributed by atoms with Crippen molar-refractivity contribution in [3.05, 3.63) is 70.2 Å². The topological polar surface area (TPSA) is 20.3 Å². The number of benzene rings is 2. The molecule has 0 unspecified atom stereocenters. The van der Waals surface area contributed by atoms with Crippen LogP contribution in [0.5, 0.6) is 0 Å². The summed E-state index contributed by atoms with van der Waals surface area (Å²) in [7, 11) is 1.91. The van der Waals surface area contributed by atoms with E-state index in [2.05, 4.69) is 19.1 Å². The van der Waals surface area contributed by atoms with Crippen molar-refractivity contribution in [1.82, 2.24) is 4.90 Å². The zero-order chi connectivity index (χ0) is 16.4. The second kappa shape index (κ2) is 6.37. The Morgan fingerprint density at radius 1 is 1.13 bits per heavy atom. The van der Waals surface area contributed by atoms with Crippen molar-refractivity contribution in [3.63, 3.8) is 0 Å². The Balaban J connectivity index is 1.82. The lowest BCUT2D eigenvalue weighted by atomic mass is 9.63. The summed E-state index contributed by atoms with van der Waals surface area (Å²) >= 11 is 5.99. The number of rotatable bonds is 4. The Morgan fingerprint density at radius 3 is 2.35 bits per heavy atom. The van der Waals surface area contributed by atoms with E-state index in [9.17, 15) is 4.79 Å². The summed E-state index contributed by atoms with van der Waals surface area (Å²) in [6.45, 7) is 2.74. The zero-order valence-corrected chi connectivity index (χ0v) is 14.4.